The van der Waals surface area contributed by atoms with Crippen LogP contribution in [-0.2, 0) is 14.4 Å². The molecule has 12 nitrogen and oxygen atoms in total. The molecular formula is C23H38N8O4. The lowest BCUT2D eigenvalue weighted by molar-refractivity contribution is -0.159. The average molecular weight is 491 g/mol. The monoisotopic (exact) mass is 490 g/mol. The van der Waals surface area contributed by atoms with Gasteiger partial charge in [0.15, 0.2) is 0 Å². The van der Waals surface area contributed by atoms with E-state index in [-0.39, 0.29) is 18.4 Å². The van der Waals surface area contributed by atoms with E-state index < -0.39 is 12.0 Å². The Morgan fingerprint density at radius 2 is 2.09 bits per heavy atom. The predicted octanol–water partition coefficient (Wildman–Crippen LogP) is 0.928. The van der Waals surface area contributed by atoms with Gasteiger partial charge in [0.25, 0.3) is 0 Å². The maximum Gasteiger partial charge on any atom is 0.250 e. The number of nitrogens with one attached hydrogen (secondary N) is 3. The van der Waals surface area contributed by atoms with Crippen molar-refractivity contribution in [1.29, 1.82) is 0 Å². The fraction of sp³-hybridized carbons (Fsp3) is 0.696. The molecule has 0 unspecified atom stereocenters. The summed E-state index contributed by atoms with van der Waals surface area (Å²) in [4.78, 5) is 48.1. The van der Waals surface area contributed by atoms with Crippen LogP contribution in [0.4, 0.5) is 11.8 Å². The first-order valence-electron chi connectivity index (χ1n) is 12.4. The largest absolute Gasteiger partial charge is 0.354 e. The van der Waals surface area contributed by atoms with Crippen LogP contribution in [0.2, 0.25) is 0 Å². The highest BCUT2D eigenvalue weighted by Crippen LogP contribution is 2.31. The molecule has 0 aromatic carbocycles. The van der Waals surface area contributed by atoms with E-state index in [1.54, 1.807) is 12.3 Å². The SMILES string of the molecule is CN(C)CCCNc1nccc(NC(=O)[C@@H]2CCNN2C(=O)[C@H](CC2CCCC2)CN(O)C=O)n1. The number of hydroxylamine groups is 2. The molecule has 0 spiro atoms. The van der Waals surface area contributed by atoms with Gasteiger partial charge in [-0.15, -0.1) is 0 Å². The van der Waals surface area contributed by atoms with Crippen molar-refractivity contribution in [3.05, 3.63) is 12.3 Å². The van der Waals surface area contributed by atoms with E-state index in [4.69, 9.17) is 0 Å². The van der Waals surface area contributed by atoms with Gasteiger partial charge in [-0.2, -0.15) is 4.98 Å². The van der Waals surface area contributed by atoms with Gasteiger partial charge in [-0.05, 0) is 51.9 Å². The zero-order valence-corrected chi connectivity index (χ0v) is 20.7. The molecule has 2 heterocycles. The molecule has 12 heteroatoms. The number of hydrogen-bond donors (Lipinski definition) is 4. The summed E-state index contributed by atoms with van der Waals surface area (Å²) < 4.78 is 0. The first kappa shape index (κ1) is 26.8. The minimum absolute atomic E-state index is 0.0971. The molecule has 1 saturated carbocycles. The highest BCUT2D eigenvalue weighted by molar-refractivity contribution is 5.97. The lowest BCUT2D eigenvalue weighted by Crippen LogP contribution is -2.51. The summed E-state index contributed by atoms with van der Waals surface area (Å²) >= 11 is 0. The Balaban J connectivity index is 1.61. The number of carbonyl (C=O) groups is 3. The van der Waals surface area contributed by atoms with Crippen molar-refractivity contribution in [2.75, 3.05) is 50.9 Å². The van der Waals surface area contributed by atoms with E-state index in [1.165, 1.54) is 5.01 Å². The smallest absolute Gasteiger partial charge is 0.250 e. The normalized spacial score (nSPS) is 19.1. The molecule has 2 aliphatic rings. The van der Waals surface area contributed by atoms with Gasteiger partial charge < -0.3 is 15.5 Å². The number of hydrazine groups is 1. The maximum atomic E-state index is 13.4. The van der Waals surface area contributed by atoms with Gasteiger partial charge in [0.1, 0.15) is 11.9 Å². The van der Waals surface area contributed by atoms with Crippen LogP contribution in [-0.4, -0.2) is 94.7 Å². The first-order valence-corrected chi connectivity index (χ1v) is 12.4. The van der Waals surface area contributed by atoms with E-state index in [0.717, 1.165) is 38.6 Å². The van der Waals surface area contributed by atoms with Crippen LogP contribution >= 0.6 is 0 Å². The molecule has 3 rings (SSSR count). The van der Waals surface area contributed by atoms with Crippen LogP contribution in [0.15, 0.2) is 12.3 Å². The molecule has 1 aromatic rings. The molecule has 2 atom stereocenters. The van der Waals surface area contributed by atoms with Crippen molar-refractivity contribution < 1.29 is 19.6 Å². The van der Waals surface area contributed by atoms with Crippen molar-refractivity contribution >= 4 is 30.0 Å². The van der Waals surface area contributed by atoms with E-state index in [9.17, 15) is 19.6 Å². The number of nitrogens with zero attached hydrogens (tertiary/aromatic N) is 5. The third kappa shape index (κ3) is 8.11. The van der Waals surface area contributed by atoms with Gasteiger partial charge in [-0.1, -0.05) is 25.7 Å². The van der Waals surface area contributed by atoms with Gasteiger partial charge in [0.2, 0.25) is 24.2 Å². The van der Waals surface area contributed by atoms with Gasteiger partial charge in [0.05, 0.1) is 12.5 Å². The minimum Gasteiger partial charge on any atom is -0.354 e. The van der Waals surface area contributed by atoms with E-state index in [2.05, 4.69) is 30.9 Å². The Hall–Kier alpha value is -2.83. The summed E-state index contributed by atoms with van der Waals surface area (Å²) in [5.74, 6) is -0.0791. The second-order valence-corrected chi connectivity index (χ2v) is 9.57. The quantitative estimate of drug-likeness (QED) is 0.137. The van der Waals surface area contributed by atoms with Crippen molar-refractivity contribution in [2.24, 2.45) is 11.8 Å². The Bertz CT molecular complexity index is 849. The van der Waals surface area contributed by atoms with E-state index in [0.29, 0.717) is 55.1 Å². The van der Waals surface area contributed by atoms with E-state index in [1.807, 2.05) is 14.1 Å². The molecule has 3 amide bonds. The molecule has 35 heavy (non-hydrogen) atoms. The predicted molar refractivity (Wildman–Crippen MR) is 130 cm³/mol. The molecule has 2 fully saturated rings. The highest BCUT2D eigenvalue weighted by atomic mass is 16.5. The third-order valence-electron chi connectivity index (χ3n) is 6.49. The number of carbonyl (C=O) groups excluding carboxylic acids is 3. The lowest BCUT2D eigenvalue weighted by atomic mass is 9.92. The van der Waals surface area contributed by atoms with Crippen LogP contribution in [0.3, 0.4) is 0 Å². The number of aromatic nitrogens is 2. The second kappa shape index (κ2) is 13.3. The molecule has 4 N–H and O–H groups in total. The standard InChI is InChI=1S/C23H38N8O4/c1-29(2)13-5-10-24-23-25-11-9-20(28-23)27-21(33)19-8-12-26-31(19)22(34)18(15-30(35)16-32)14-17-6-3-4-7-17/h9,11,16-19,26,35H,3-8,10,12-15H2,1-2H3,(H2,24,25,27,28,33)/t18-,19+/m1/s1. The van der Waals surface area contributed by atoms with Crippen molar-refractivity contribution in [2.45, 2.75) is 51.0 Å². The summed E-state index contributed by atoms with van der Waals surface area (Å²) in [5.41, 5.74) is 3.01. The molecule has 1 saturated heterocycles. The molecule has 1 aliphatic carbocycles. The topological polar surface area (TPSA) is 143 Å². The fourth-order valence-corrected chi connectivity index (χ4v) is 4.73. The summed E-state index contributed by atoms with van der Waals surface area (Å²) in [7, 11) is 4.02. The number of rotatable bonds is 13. The summed E-state index contributed by atoms with van der Waals surface area (Å²) in [6.07, 6.45) is 8.14. The Labute approximate surface area is 206 Å². The minimum atomic E-state index is -0.719. The van der Waals surface area contributed by atoms with Crippen LogP contribution in [0.5, 0.6) is 0 Å². The number of amides is 3. The van der Waals surface area contributed by atoms with Crippen LogP contribution in [0, 0.1) is 11.8 Å². The highest BCUT2D eigenvalue weighted by Gasteiger charge is 2.39. The zero-order chi connectivity index (χ0) is 25.2. The van der Waals surface area contributed by atoms with Gasteiger partial charge in [-0.3, -0.25) is 24.6 Å². The van der Waals surface area contributed by atoms with Crippen molar-refractivity contribution in [3.63, 3.8) is 0 Å². The van der Waals surface area contributed by atoms with Crippen molar-refractivity contribution in [3.8, 4) is 0 Å². The van der Waals surface area contributed by atoms with Crippen LogP contribution in [0.1, 0.15) is 44.9 Å². The average Bonchev–Trinajstić information content (AvgIpc) is 3.53. The number of anilines is 2. The molecule has 194 valence electrons. The van der Waals surface area contributed by atoms with Gasteiger partial charge >= 0.3 is 0 Å². The molecular weight excluding hydrogens is 452 g/mol. The molecule has 1 aromatic heterocycles. The fourth-order valence-electron chi connectivity index (χ4n) is 4.73. The van der Waals surface area contributed by atoms with Crippen LogP contribution < -0.4 is 16.1 Å². The van der Waals surface area contributed by atoms with Gasteiger partial charge in [0, 0.05) is 19.3 Å². The summed E-state index contributed by atoms with van der Waals surface area (Å²) in [5, 5.41) is 17.6. The lowest BCUT2D eigenvalue weighted by Gasteiger charge is -2.29. The molecule has 0 radical (unpaired) electrons. The molecule has 0 bridgehead atoms. The van der Waals surface area contributed by atoms with Gasteiger partial charge in [-0.25, -0.2) is 15.5 Å². The number of hydrogen-bond acceptors (Lipinski definition) is 9. The summed E-state index contributed by atoms with van der Waals surface area (Å²) in [6, 6.07) is 0.886. The zero-order valence-electron chi connectivity index (χ0n) is 20.7. The second-order valence-electron chi connectivity index (χ2n) is 9.57. The van der Waals surface area contributed by atoms with E-state index >= 15 is 0 Å². The summed E-state index contributed by atoms with van der Waals surface area (Å²) in [6.45, 7) is 2.01. The van der Waals surface area contributed by atoms with Crippen LogP contribution in [0.25, 0.3) is 0 Å². The maximum absolute atomic E-state index is 13.4. The Morgan fingerprint density at radius 1 is 1.31 bits per heavy atom. The van der Waals surface area contributed by atoms with Crippen molar-refractivity contribution in [1.82, 2.24) is 30.4 Å². The first-order chi connectivity index (χ1) is 16.9. The molecule has 1 aliphatic heterocycles. The third-order valence-corrected chi connectivity index (χ3v) is 6.49. The Morgan fingerprint density at radius 3 is 2.80 bits per heavy atom. The Kier molecular flexibility index (Phi) is 10.2.